The molecule has 0 N–H and O–H groups in total. The monoisotopic (exact) mass is 435 g/mol. The highest BCUT2D eigenvalue weighted by molar-refractivity contribution is 5.80. The number of para-hydroxylation sites is 1. The van der Waals surface area contributed by atoms with E-state index < -0.39 is 0 Å². The summed E-state index contributed by atoms with van der Waals surface area (Å²) in [4.78, 5) is 31.8. The molecule has 0 unspecified atom stereocenters. The molecule has 170 valence electrons. The number of benzene rings is 2. The maximum atomic E-state index is 13.0. The van der Waals surface area contributed by atoms with Crippen LogP contribution >= 0.6 is 0 Å². The van der Waals surface area contributed by atoms with Crippen molar-refractivity contribution in [1.29, 1.82) is 0 Å². The molecule has 0 aromatic heterocycles. The van der Waals surface area contributed by atoms with E-state index in [1.54, 1.807) is 0 Å². The average molecular weight is 436 g/mol. The quantitative estimate of drug-likeness (QED) is 0.671. The fraction of sp³-hybridized carbons (Fsp3) is 0.462. The van der Waals surface area contributed by atoms with Gasteiger partial charge in [-0.15, -0.1) is 0 Å². The second kappa shape index (κ2) is 11.1. The largest absolute Gasteiger partial charge is 0.493 e. The Morgan fingerprint density at radius 2 is 1.41 bits per heavy atom. The van der Waals surface area contributed by atoms with Crippen LogP contribution in [0.4, 0.5) is 0 Å². The smallest absolute Gasteiger partial charge is 0.225 e. The lowest BCUT2D eigenvalue weighted by molar-refractivity contribution is -0.142. The molecule has 6 nitrogen and oxygen atoms in total. The Morgan fingerprint density at radius 3 is 2.06 bits per heavy atom. The first kappa shape index (κ1) is 22.3. The van der Waals surface area contributed by atoms with Gasteiger partial charge in [-0.25, -0.2) is 0 Å². The molecule has 2 saturated heterocycles. The van der Waals surface area contributed by atoms with E-state index in [4.69, 9.17) is 4.74 Å². The van der Waals surface area contributed by atoms with Crippen molar-refractivity contribution in [3.8, 4) is 5.75 Å². The summed E-state index contributed by atoms with van der Waals surface area (Å²) in [5.41, 5.74) is 1.32. The molecular weight excluding hydrogens is 402 g/mol. The van der Waals surface area contributed by atoms with Crippen molar-refractivity contribution in [2.45, 2.75) is 25.8 Å². The fourth-order valence-corrected chi connectivity index (χ4v) is 4.53. The average Bonchev–Trinajstić information content (AvgIpc) is 2.85. The molecule has 0 saturated carbocycles. The van der Waals surface area contributed by atoms with Crippen LogP contribution in [0.5, 0.6) is 5.75 Å². The van der Waals surface area contributed by atoms with Crippen LogP contribution in [0, 0.1) is 5.92 Å². The number of hydrogen-bond donors (Lipinski definition) is 0. The van der Waals surface area contributed by atoms with Gasteiger partial charge in [0.1, 0.15) is 5.75 Å². The molecule has 0 aliphatic carbocycles. The Hall–Kier alpha value is -2.86. The number of piperidine rings is 1. The van der Waals surface area contributed by atoms with E-state index in [-0.39, 0.29) is 17.7 Å². The highest BCUT2D eigenvalue weighted by atomic mass is 16.5. The number of ether oxygens (including phenoxy) is 1. The van der Waals surface area contributed by atoms with Crippen LogP contribution in [0.2, 0.25) is 0 Å². The highest BCUT2D eigenvalue weighted by Gasteiger charge is 2.31. The van der Waals surface area contributed by atoms with Crippen LogP contribution in [-0.4, -0.2) is 72.4 Å². The lowest BCUT2D eigenvalue weighted by Gasteiger charge is -2.38. The van der Waals surface area contributed by atoms with Crippen LogP contribution in [0.15, 0.2) is 60.7 Å². The van der Waals surface area contributed by atoms with Gasteiger partial charge >= 0.3 is 0 Å². The fourth-order valence-electron chi connectivity index (χ4n) is 4.53. The second-order valence-electron chi connectivity index (χ2n) is 8.65. The van der Waals surface area contributed by atoms with E-state index in [0.717, 1.165) is 51.3 Å². The van der Waals surface area contributed by atoms with Gasteiger partial charge in [0.2, 0.25) is 11.8 Å². The van der Waals surface area contributed by atoms with Crippen molar-refractivity contribution < 1.29 is 14.3 Å². The molecule has 2 aliphatic heterocycles. The summed E-state index contributed by atoms with van der Waals surface area (Å²) in [5.74, 6) is 1.21. The molecule has 4 rings (SSSR count). The van der Waals surface area contributed by atoms with E-state index in [2.05, 4.69) is 29.2 Å². The van der Waals surface area contributed by atoms with Crippen LogP contribution < -0.4 is 4.74 Å². The third kappa shape index (κ3) is 6.10. The lowest BCUT2D eigenvalue weighted by atomic mass is 9.94. The number of nitrogens with zero attached hydrogens (tertiary/aromatic N) is 3. The zero-order chi connectivity index (χ0) is 22.2. The van der Waals surface area contributed by atoms with Crippen LogP contribution in [0.1, 0.15) is 24.8 Å². The van der Waals surface area contributed by atoms with E-state index in [1.165, 1.54) is 5.56 Å². The number of likely N-dealkylation sites (tertiary alicyclic amines) is 1. The van der Waals surface area contributed by atoms with Crippen molar-refractivity contribution in [2.75, 3.05) is 45.9 Å². The van der Waals surface area contributed by atoms with Crippen LogP contribution in [-0.2, 0) is 16.1 Å². The third-order valence-corrected chi connectivity index (χ3v) is 6.46. The van der Waals surface area contributed by atoms with Crippen molar-refractivity contribution >= 4 is 11.8 Å². The summed E-state index contributed by atoms with van der Waals surface area (Å²) in [6, 6.07) is 20.0. The molecule has 2 aromatic carbocycles. The van der Waals surface area contributed by atoms with E-state index in [9.17, 15) is 9.59 Å². The summed E-state index contributed by atoms with van der Waals surface area (Å²) in [6.07, 6.45) is 1.89. The summed E-state index contributed by atoms with van der Waals surface area (Å²) in [5, 5.41) is 0. The Balaban J connectivity index is 1.15. The zero-order valence-electron chi connectivity index (χ0n) is 18.7. The molecule has 2 aliphatic rings. The van der Waals surface area contributed by atoms with Gasteiger partial charge < -0.3 is 14.5 Å². The highest BCUT2D eigenvalue weighted by Crippen LogP contribution is 2.21. The minimum atomic E-state index is 0.0419. The molecule has 0 atom stereocenters. The predicted octanol–water partition coefficient (Wildman–Crippen LogP) is 3.04. The lowest BCUT2D eigenvalue weighted by Crippen LogP contribution is -2.51. The Morgan fingerprint density at radius 1 is 0.781 bits per heavy atom. The Bertz CT molecular complexity index is 858. The number of carbonyl (C=O) groups is 2. The van der Waals surface area contributed by atoms with Crippen molar-refractivity contribution in [1.82, 2.24) is 14.7 Å². The molecule has 0 spiro atoms. The van der Waals surface area contributed by atoms with Gasteiger partial charge in [0.15, 0.2) is 0 Å². The Kier molecular flexibility index (Phi) is 7.77. The van der Waals surface area contributed by atoms with Gasteiger partial charge in [0, 0.05) is 51.7 Å². The minimum absolute atomic E-state index is 0.0419. The van der Waals surface area contributed by atoms with Crippen LogP contribution in [0.3, 0.4) is 0 Å². The maximum absolute atomic E-state index is 13.0. The first-order valence-corrected chi connectivity index (χ1v) is 11.7. The van der Waals surface area contributed by atoms with Gasteiger partial charge in [0.05, 0.1) is 13.0 Å². The standard InChI is InChI=1S/C26H33N3O3/c30-25(13-20-32-24-9-5-2-6-10-24)28-14-11-23(12-15-28)26(31)29-18-16-27(17-19-29)21-22-7-3-1-4-8-22/h1-10,23H,11-21H2. The number of amides is 2. The molecule has 2 aromatic rings. The molecule has 0 radical (unpaired) electrons. The first-order valence-electron chi connectivity index (χ1n) is 11.7. The van der Waals surface area contributed by atoms with Crippen molar-refractivity contribution in [3.63, 3.8) is 0 Å². The summed E-state index contributed by atoms with van der Waals surface area (Å²) in [6.45, 7) is 6.07. The van der Waals surface area contributed by atoms with Gasteiger partial charge in [-0.3, -0.25) is 14.5 Å². The van der Waals surface area contributed by atoms with E-state index in [0.29, 0.717) is 26.1 Å². The summed E-state index contributed by atoms with van der Waals surface area (Å²) in [7, 11) is 0. The number of rotatable bonds is 7. The number of hydrogen-bond acceptors (Lipinski definition) is 4. The Labute approximate surface area is 190 Å². The van der Waals surface area contributed by atoms with Crippen molar-refractivity contribution in [2.24, 2.45) is 5.92 Å². The van der Waals surface area contributed by atoms with Crippen LogP contribution in [0.25, 0.3) is 0 Å². The van der Waals surface area contributed by atoms with E-state index in [1.807, 2.05) is 46.2 Å². The van der Waals surface area contributed by atoms with E-state index >= 15 is 0 Å². The molecule has 2 amide bonds. The number of piperazine rings is 1. The summed E-state index contributed by atoms with van der Waals surface area (Å²) >= 11 is 0. The minimum Gasteiger partial charge on any atom is -0.493 e. The molecule has 32 heavy (non-hydrogen) atoms. The van der Waals surface area contributed by atoms with Gasteiger partial charge in [-0.2, -0.15) is 0 Å². The third-order valence-electron chi connectivity index (χ3n) is 6.46. The van der Waals surface area contributed by atoms with Crippen molar-refractivity contribution in [3.05, 3.63) is 66.2 Å². The molecule has 6 heteroatoms. The van der Waals surface area contributed by atoms with Gasteiger partial charge in [-0.05, 0) is 30.5 Å². The maximum Gasteiger partial charge on any atom is 0.225 e. The van der Waals surface area contributed by atoms with Gasteiger partial charge in [-0.1, -0.05) is 48.5 Å². The predicted molar refractivity (Wildman–Crippen MR) is 124 cm³/mol. The second-order valence-corrected chi connectivity index (χ2v) is 8.65. The first-order chi connectivity index (χ1) is 15.7. The topological polar surface area (TPSA) is 53.1 Å². The molecule has 2 fully saturated rings. The normalized spacial score (nSPS) is 17.9. The molecule has 0 bridgehead atoms. The zero-order valence-corrected chi connectivity index (χ0v) is 18.7. The molecule has 2 heterocycles. The summed E-state index contributed by atoms with van der Waals surface area (Å²) < 4.78 is 5.64. The van der Waals surface area contributed by atoms with Gasteiger partial charge in [0.25, 0.3) is 0 Å². The SMILES string of the molecule is O=C(CCOc1ccccc1)N1CCC(C(=O)N2CCN(Cc3ccccc3)CC2)CC1. The number of carbonyl (C=O) groups excluding carboxylic acids is 2. The molecular formula is C26H33N3O3.